The fraction of sp³-hybridized carbons (Fsp3) is 0.417. The van der Waals surface area contributed by atoms with Crippen molar-refractivity contribution in [1.82, 2.24) is 5.32 Å². The SMILES string of the molecule is CC(C)(C)NCC(=O)Nc1ccc(Br)cc1[N+](=O)[O-]. The van der Waals surface area contributed by atoms with Crippen LogP contribution in [-0.4, -0.2) is 22.9 Å². The van der Waals surface area contributed by atoms with Crippen molar-refractivity contribution in [3.63, 3.8) is 0 Å². The first kappa shape index (κ1) is 15.6. The minimum Gasteiger partial charge on any atom is -0.319 e. The number of rotatable bonds is 4. The Morgan fingerprint density at radius 3 is 2.58 bits per heavy atom. The number of hydrogen-bond donors (Lipinski definition) is 2. The predicted molar refractivity (Wildman–Crippen MR) is 77.2 cm³/mol. The molecule has 1 rings (SSSR count). The van der Waals surface area contributed by atoms with Crippen LogP contribution in [0.25, 0.3) is 0 Å². The molecule has 0 radical (unpaired) electrons. The summed E-state index contributed by atoms with van der Waals surface area (Å²) >= 11 is 3.16. The molecule has 0 saturated heterocycles. The summed E-state index contributed by atoms with van der Waals surface area (Å²) < 4.78 is 0.588. The number of halogens is 1. The highest BCUT2D eigenvalue weighted by Gasteiger charge is 2.17. The smallest absolute Gasteiger partial charge is 0.293 e. The van der Waals surface area contributed by atoms with Crippen LogP contribution in [-0.2, 0) is 4.79 Å². The molecule has 0 atom stereocenters. The third-order valence-corrected chi connectivity index (χ3v) is 2.70. The van der Waals surface area contributed by atoms with Gasteiger partial charge in [0.1, 0.15) is 5.69 Å². The zero-order valence-corrected chi connectivity index (χ0v) is 12.6. The number of amides is 1. The molecule has 0 spiro atoms. The topological polar surface area (TPSA) is 84.3 Å². The van der Waals surface area contributed by atoms with E-state index in [9.17, 15) is 14.9 Å². The molecule has 0 bridgehead atoms. The molecular weight excluding hydrogens is 314 g/mol. The second-order valence-electron chi connectivity index (χ2n) is 5.07. The van der Waals surface area contributed by atoms with Gasteiger partial charge in [0, 0.05) is 16.1 Å². The number of carbonyl (C=O) groups excluding carboxylic acids is 1. The van der Waals surface area contributed by atoms with E-state index in [4.69, 9.17) is 0 Å². The Balaban J connectivity index is 2.77. The van der Waals surface area contributed by atoms with E-state index in [0.29, 0.717) is 4.47 Å². The van der Waals surface area contributed by atoms with Gasteiger partial charge in [-0.1, -0.05) is 15.9 Å². The Morgan fingerprint density at radius 1 is 1.42 bits per heavy atom. The van der Waals surface area contributed by atoms with Crippen LogP contribution in [0.5, 0.6) is 0 Å². The molecule has 0 fully saturated rings. The van der Waals surface area contributed by atoms with Gasteiger partial charge in [-0.15, -0.1) is 0 Å². The molecule has 1 amide bonds. The Morgan fingerprint density at radius 2 is 2.05 bits per heavy atom. The Hall–Kier alpha value is -1.47. The molecule has 0 heterocycles. The molecule has 0 aliphatic heterocycles. The lowest BCUT2D eigenvalue weighted by Crippen LogP contribution is -2.41. The van der Waals surface area contributed by atoms with Gasteiger partial charge in [-0.05, 0) is 32.9 Å². The van der Waals surface area contributed by atoms with E-state index in [1.807, 2.05) is 20.8 Å². The molecule has 0 aliphatic rings. The number of carbonyl (C=O) groups is 1. The van der Waals surface area contributed by atoms with Crippen molar-refractivity contribution >= 4 is 33.2 Å². The highest BCUT2D eigenvalue weighted by molar-refractivity contribution is 9.10. The molecule has 7 heteroatoms. The van der Waals surface area contributed by atoms with Gasteiger partial charge in [-0.25, -0.2) is 0 Å². The molecule has 1 aromatic carbocycles. The van der Waals surface area contributed by atoms with E-state index in [1.54, 1.807) is 6.07 Å². The summed E-state index contributed by atoms with van der Waals surface area (Å²) in [4.78, 5) is 22.1. The summed E-state index contributed by atoms with van der Waals surface area (Å²) in [6.45, 7) is 5.89. The van der Waals surface area contributed by atoms with E-state index in [1.165, 1.54) is 12.1 Å². The first-order valence-electron chi connectivity index (χ1n) is 5.68. The molecule has 2 N–H and O–H groups in total. The van der Waals surface area contributed by atoms with Gasteiger partial charge >= 0.3 is 0 Å². The summed E-state index contributed by atoms with van der Waals surface area (Å²) in [5.74, 6) is -0.319. The number of anilines is 1. The third kappa shape index (κ3) is 5.35. The number of benzene rings is 1. The fourth-order valence-electron chi connectivity index (χ4n) is 1.30. The van der Waals surface area contributed by atoms with Crippen LogP contribution in [0.1, 0.15) is 20.8 Å². The summed E-state index contributed by atoms with van der Waals surface area (Å²) in [5, 5.41) is 16.4. The van der Waals surface area contributed by atoms with Crippen molar-refractivity contribution in [1.29, 1.82) is 0 Å². The van der Waals surface area contributed by atoms with Crippen molar-refractivity contribution in [3.05, 3.63) is 32.8 Å². The lowest BCUT2D eigenvalue weighted by Gasteiger charge is -2.19. The van der Waals surface area contributed by atoms with Gasteiger partial charge < -0.3 is 10.6 Å². The summed E-state index contributed by atoms with van der Waals surface area (Å²) in [6.07, 6.45) is 0. The first-order valence-corrected chi connectivity index (χ1v) is 6.47. The first-order chi connectivity index (χ1) is 8.69. The lowest BCUT2D eigenvalue weighted by atomic mass is 10.1. The van der Waals surface area contributed by atoms with Crippen LogP contribution >= 0.6 is 15.9 Å². The Kier molecular flexibility index (Phi) is 5.02. The van der Waals surface area contributed by atoms with Gasteiger partial charge in [-0.3, -0.25) is 14.9 Å². The predicted octanol–water partition coefficient (Wildman–Crippen LogP) is 2.68. The highest BCUT2D eigenvalue weighted by Crippen LogP contribution is 2.27. The maximum atomic E-state index is 11.7. The van der Waals surface area contributed by atoms with Gasteiger partial charge in [0.05, 0.1) is 11.5 Å². The lowest BCUT2D eigenvalue weighted by molar-refractivity contribution is -0.384. The molecule has 0 aromatic heterocycles. The quantitative estimate of drug-likeness (QED) is 0.657. The van der Waals surface area contributed by atoms with Crippen LogP contribution in [0.15, 0.2) is 22.7 Å². The molecular formula is C12H16BrN3O3. The monoisotopic (exact) mass is 329 g/mol. The van der Waals surface area contributed by atoms with Crippen molar-refractivity contribution in [2.24, 2.45) is 0 Å². The van der Waals surface area contributed by atoms with Gasteiger partial charge in [0.2, 0.25) is 5.91 Å². The molecule has 0 aliphatic carbocycles. The summed E-state index contributed by atoms with van der Waals surface area (Å²) in [7, 11) is 0. The second kappa shape index (κ2) is 6.12. The van der Waals surface area contributed by atoms with Crippen LogP contribution < -0.4 is 10.6 Å². The summed E-state index contributed by atoms with van der Waals surface area (Å²) in [5.41, 5.74) is -0.143. The molecule has 104 valence electrons. The van der Waals surface area contributed by atoms with Crippen LogP contribution in [0.2, 0.25) is 0 Å². The third-order valence-electron chi connectivity index (χ3n) is 2.21. The van der Waals surface area contributed by atoms with Gasteiger partial charge in [0.25, 0.3) is 5.69 Å². The Labute approximate surface area is 119 Å². The normalized spacial score (nSPS) is 11.2. The van der Waals surface area contributed by atoms with E-state index in [0.717, 1.165) is 0 Å². The van der Waals surface area contributed by atoms with E-state index >= 15 is 0 Å². The van der Waals surface area contributed by atoms with Gasteiger partial charge in [0.15, 0.2) is 0 Å². The number of nitrogens with zero attached hydrogens (tertiary/aromatic N) is 1. The maximum absolute atomic E-state index is 11.7. The molecule has 1 aromatic rings. The van der Waals surface area contributed by atoms with Crippen molar-refractivity contribution < 1.29 is 9.72 Å². The van der Waals surface area contributed by atoms with Crippen molar-refractivity contribution in [3.8, 4) is 0 Å². The minimum atomic E-state index is -0.530. The average molecular weight is 330 g/mol. The van der Waals surface area contributed by atoms with Crippen LogP contribution in [0.3, 0.4) is 0 Å². The zero-order valence-electron chi connectivity index (χ0n) is 11.0. The second-order valence-corrected chi connectivity index (χ2v) is 5.99. The highest BCUT2D eigenvalue weighted by atomic mass is 79.9. The molecule has 0 unspecified atom stereocenters. The molecule has 0 saturated carbocycles. The van der Waals surface area contributed by atoms with E-state index in [2.05, 4.69) is 26.6 Å². The Bertz CT molecular complexity index is 497. The number of hydrogen-bond acceptors (Lipinski definition) is 4. The maximum Gasteiger partial charge on any atom is 0.293 e. The van der Waals surface area contributed by atoms with Crippen LogP contribution in [0.4, 0.5) is 11.4 Å². The summed E-state index contributed by atoms with van der Waals surface area (Å²) in [6, 6.07) is 4.49. The standard InChI is InChI=1S/C12H16BrN3O3/c1-12(2,3)14-7-11(17)15-9-5-4-8(13)6-10(9)16(18)19/h4-6,14H,7H2,1-3H3,(H,15,17). The number of nitro benzene ring substituents is 1. The average Bonchev–Trinajstić information content (AvgIpc) is 2.28. The largest absolute Gasteiger partial charge is 0.319 e. The number of nitrogens with one attached hydrogen (secondary N) is 2. The van der Waals surface area contributed by atoms with E-state index in [-0.39, 0.29) is 29.4 Å². The van der Waals surface area contributed by atoms with Crippen molar-refractivity contribution in [2.45, 2.75) is 26.3 Å². The zero-order chi connectivity index (χ0) is 14.6. The molecule has 6 nitrogen and oxygen atoms in total. The minimum absolute atomic E-state index is 0.0940. The molecule has 19 heavy (non-hydrogen) atoms. The number of nitro groups is 1. The van der Waals surface area contributed by atoms with Crippen LogP contribution in [0, 0.1) is 10.1 Å². The van der Waals surface area contributed by atoms with E-state index < -0.39 is 4.92 Å². The van der Waals surface area contributed by atoms with Crippen molar-refractivity contribution in [2.75, 3.05) is 11.9 Å². The van der Waals surface area contributed by atoms with Gasteiger partial charge in [-0.2, -0.15) is 0 Å². The fourth-order valence-corrected chi connectivity index (χ4v) is 1.65.